The first-order valence-electron chi connectivity index (χ1n) is 6.45. The molecular weight excluding hydrogens is 274 g/mol. The van der Waals surface area contributed by atoms with Crippen LogP contribution in [0.4, 0.5) is 8.78 Å². The van der Waals surface area contributed by atoms with Crippen molar-refractivity contribution in [1.82, 2.24) is 9.55 Å². The average Bonchev–Trinajstić information content (AvgIpc) is 2.76. The molecule has 106 valence electrons. The molecule has 0 N–H and O–H groups in total. The van der Waals surface area contributed by atoms with Gasteiger partial charge in [0.1, 0.15) is 17.5 Å². The third kappa shape index (κ3) is 2.42. The summed E-state index contributed by atoms with van der Waals surface area (Å²) in [7, 11) is 1.80. The Bertz CT molecular complexity index is 839. The number of rotatable bonds is 3. The fourth-order valence-corrected chi connectivity index (χ4v) is 2.31. The third-order valence-corrected chi connectivity index (χ3v) is 3.43. The van der Waals surface area contributed by atoms with Crippen LogP contribution in [0.15, 0.2) is 42.5 Å². The molecule has 1 heterocycles. The molecule has 0 radical (unpaired) electrons. The number of aromatic nitrogens is 2. The molecule has 3 rings (SSSR count). The van der Waals surface area contributed by atoms with Crippen molar-refractivity contribution in [2.45, 2.75) is 6.42 Å². The normalized spacial score (nSPS) is 11.0. The van der Waals surface area contributed by atoms with Crippen LogP contribution in [0.1, 0.15) is 16.2 Å². The number of para-hydroxylation sites is 2. The van der Waals surface area contributed by atoms with Crippen molar-refractivity contribution in [2.24, 2.45) is 7.05 Å². The Balaban J connectivity index is 1.94. The maximum absolute atomic E-state index is 13.6. The lowest BCUT2D eigenvalue weighted by molar-refractivity contribution is 0.0986. The summed E-state index contributed by atoms with van der Waals surface area (Å²) in [4.78, 5) is 16.5. The number of Topliss-reactive ketones (excluding diaryl/α,β-unsaturated/α-hetero) is 1. The molecule has 1 aromatic heterocycles. The van der Waals surface area contributed by atoms with Gasteiger partial charge >= 0.3 is 0 Å². The summed E-state index contributed by atoms with van der Waals surface area (Å²) in [6.07, 6.45) is -0.0340. The number of ketones is 1. The summed E-state index contributed by atoms with van der Waals surface area (Å²) in [5.41, 5.74) is 1.56. The van der Waals surface area contributed by atoms with E-state index in [0.29, 0.717) is 11.9 Å². The van der Waals surface area contributed by atoms with E-state index in [1.807, 2.05) is 24.3 Å². The summed E-state index contributed by atoms with van der Waals surface area (Å²) < 4.78 is 28.3. The molecule has 21 heavy (non-hydrogen) atoms. The monoisotopic (exact) mass is 286 g/mol. The lowest BCUT2D eigenvalue weighted by Crippen LogP contribution is -2.10. The highest BCUT2D eigenvalue weighted by molar-refractivity contribution is 5.97. The first-order chi connectivity index (χ1) is 10.1. The average molecular weight is 286 g/mol. The molecule has 0 aliphatic heterocycles. The second-order valence-electron chi connectivity index (χ2n) is 4.80. The van der Waals surface area contributed by atoms with Gasteiger partial charge in [0.15, 0.2) is 5.78 Å². The van der Waals surface area contributed by atoms with Crippen LogP contribution >= 0.6 is 0 Å². The van der Waals surface area contributed by atoms with Gasteiger partial charge in [-0.05, 0) is 24.3 Å². The van der Waals surface area contributed by atoms with Crippen LogP contribution in [0.2, 0.25) is 0 Å². The van der Waals surface area contributed by atoms with E-state index in [2.05, 4.69) is 4.98 Å². The van der Waals surface area contributed by atoms with Gasteiger partial charge in [-0.3, -0.25) is 4.79 Å². The zero-order valence-corrected chi connectivity index (χ0v) is 11.3. The Morgan fingerprint density at radius 2 is 1.95 bits per heavy atom. The predicted octanol–water partition coefficient (Wildman–Crippen LogP) is 3.28. The van der Waals surface area contributed by atoms with Crippen molar-refractivity contribution in [1.29, 1.82) is 0 Å². The summed E-state index contributed by atoms with van der Waals surface area (Å²) >= 11 is 0. The van der Waals surface area contributed by atoms with Crippen molar-refractivity contribution in [2.75, 3.05) is 0 Å². The summed E-state index contributed by atoms with van der Waals surface area (Å²) in [5.74, 6) is -1.43. The summed E-state index contributed by atoms with van der Waals surface area (Å²) in [5, 5.41) is 0. The van der Waals surface area contributed by atoms with Crippen molar-refractivity contribution in [3.8, 4) is 0 Å². The third-order valence-electron chi connectivity index (χ3n) is 3.43. The van der Waals surface area contributed by atoms with Crippen molar-refractivity contribution in [3.05, 3.63) is 65.5 Å². The van der Waals surface area contributed by atoms with Gasteiger partial charge in [-0.1, -0.05) is 12.1 Å². The van der Waals surface area contributed by atoms with Gasteiger partial charge in [-0.15, -0.1) is 0 Å². The zero-order valence-electron chi connectivity index (χ0n) is 11.3. The molecule has 0 saturated carbocycles. The van der Waals surface area contributed by atoms with E-state index in [-0.39, 0.29) is 12.0 Å². The molecule has 2 aromatic carbocycles. The Morgan fingerprint density at radius 1 is 1.19 bits per heavy atom. The first kappa shape index (κ1) is 13.4. The van der Waals surface area contributed by atoms with Crippen LogP contribution in [-0.4, -0.2) is 15.3 Å². The molecule has 3 nitrogen and oxygen atoms in total. The number of carbonyl (C=O) groups is 1. The quantitative estimate of drug-likeness (QED) is 0.693. The lowest BCUT2D eigenvalue weighted by atomic mass is 10.1. The minimum atomic E-state index is -0.848. The Hall–Kier alpha value is -2.56. The number of hydrogen-bond acceptors (Lipinski definition) is 2. The minimum absolute atomic E-state index is 0.0340. The fraction of sp³-hybridized carbons (Fsp3) is 0.125. The predicted molar refractivity (Wildman–Crippen MR) is 75.1 cm³/mol. The zero-order chi connectivity index (χ0) is 15.0. The van der Waals surface area contributed by atoms with Gasteiger partial charge in [0, 0.05) is 13.1 Å². The summed E-state index contributed by atoms with van der Waals surface area (Å²) in [6, 6.07) is 10.4. The summed E-state index contributed by atoms with van der Waals surface area (Å²) in [6.45, 7) is 0. The number of aryl methyl sites for hydroxylation is 1. The largest absolute Gasteiger partial charge is 0.331 e. The second-order valence-corrected chi connectivity index (χ2v) is 4.80. The van der Waals surface area contributed by atoms with Crippen LogP contribution in [0.25, 0.3) is 11.0 Å². The van der Waals surface area contributed by atoms with E-state index in [1.54, 1.807) is 11.6 Å². The van der Waals surface area contributed by atoms with E-state index in [0.717, 1.165) is 23.2 Å². The van der Waals surface area contributed by atoms with E-state index < -0.39 is 17.4 Å². The lowest BCUT2D eigenvalue weighted by Gasteiger charge is -2.04. The van der Waals surface area contributed by atoms with E-state index in [9.17, 15) is 13.6 Å². The molecule has 0 amide bonds. The molecule has 3 aromatic rings. The Labute approximate surface area is 119 Å². The standard InChI is InChI=1S/C16H12F2N2O/c1-20-14-5-3-2-4-13(14)19-16(20)9-15(21)11-7-6-10(17)8-12(11)18/h2-8H,9H2,1H3. The fourth-order valence-electron chi connectivity index (χ4n) is 2.31. The van der Waals surface area contributed by atoms with Crippen LogP contribution in [-0.2, 0) is 13.5 Å². The highest BCUT2D eigenvalue weighted by atomic mass is 19.1. The number of nitrogens with zero attached hydrogens (tertiary/aromatic N) is 2. The molecular formula is C16H12F2N2O. The maximum atomic E-state index is 13.6. The van der Waals surface area contributed by atoms with Gasteiger partial charge in [0.05, 0.1) is 23.0 Å². The topological polar surface area (TPSA) is 34.9 Å². The molecule has 0 aliphatic carbocycles. The molecule has 0 spiro atoms. The highest BCUT2D eigenvalue weighted by Gasteiger charge is 2.16. The van der Waals surface area contributed by atoms with Gasteiger partial charge in [0.2, 0.25) is 0 Å². The van der Waals surface area contributed by atoms with E-state index in [1.165, 1.54) is 0 Å². The van der Waals surface area contributed by atoms with Crippen molar-refractivity contribution >= 4 is 16.8 Å². The SMILES string of the molecule is Cn1c(CC(=O)c2ccc(F)cc2F)nc2ccccc21. The van der Waals surface area contributed by atoms with E-state index in [4.69, 9.17) is 0 Å². The van der Waals surface area contributed by atoms with Gasteiger partial charge in [-0.25, -0.2) is 13.8 Å². The van der Waals surface area contributed by atoms with Crippen molar-refractivity contribution < 1.29 is 13.6 Å². The molecule has 0 saturated heterocycles. The smallest absolute Gasteiger partial charge is 0.173 e. The maximum Gasteiger partial charge on any atom is 0.173 e. The van der Waals surface area contributed by atoms with E-state index >= 15 is 0 Å². The molecule has 0 unspecified atom stereocenters. The van der Waals surface area contributed by atoms with Crippen LogP contribution in [0.3, 0.4) is 0 Å². The minimum Gasteiger partial charge on any atom is -0.331 e. The highest BCUT2D eigenvalue weighted by Crippen LogP contribution is 2.17. The molecule has 0 bridgehead atoms. The van der Waals surface area contributed by atoms with Gasteiger partial charge in [0.25, 0.3) is 0 Å². The van der Waals surface area contributed by atoms with Gasteiger partial charge < -0.3 is 4.57 Å². The molecule has 0 atom stereocenters. The number of carbonyl (C=O) groups excluding carboxylic acids is 1. The number of halogens is 2. The van der Waals surface area contributed by atoms with Crippen LogP contribution < -0.4 is 0 Å². The Morgan fingerprint density at radius 3 is 2.67 bits per heavy atom. The van der Waals surface area contributed by atoms with Crippen molar-refractivity contribution in [3.63, 3.8) is 0 Å². The molecule has 0 aliphatic rings. The second kappa shape index (κ2) is 5.09. The molecule has 0 fully saturated rings. The van der Waals surface area contributed by atoms with Gasteiger partial charge in [-0.2, -0.15) is 0 Å². The number of imidazole rings is 1. The number of benzene rings is 2. The van der Waals surface area contributed by atoms with Crippen LogP contribution in [0.5, 0.6) is 0 Å². The molecule has 5 heteroatoms. The number of fused-ring (bicyclic) bond motifs is 1. The van der Waals surface area contributed by atoms with Crippen LogP contribution in [0, 0.1) is 11.6 Å². The first-order valence-corrected chi connectivity index (χ1v) is 6.45. The Kier molecular flexibility index (Phi) is 3.25. The number of hydrogen-bond donors (Lipinski definition) is 0.